The van der Waals surface area contributed by atoms with Crippen molar-refractivity contribution >= 4 is 11.8 Å². The zero-order valence-electron chi connectivity index (χ0n) is 17.2. The molecule has 0 aliphatic carbocycles. The van der Waals surface area contributed by atoms with Crippen molar-refractivity contribution in [2.45, 2.75) is 58.9 Å². The lowest BCUT2D eigenvalue weighted by atomic mass is 9.99. The molecule has 4 heteroatoms. The molecule has 4 atom stereocenters. The topological polar surface area (TPSA) is 43.2 Å². The van der Waals surface area contributed by atoms with Crippen molar-refractivity contribution in [2.75, 3.05) is 0 Å². The molecule has 146 valence electrons. The fourth-order valence-electron chi connectivity index (χ4n) is 4.07. The maximum atomic E-state index is 6.15. The predicted octanol–water partition coefficient (Wildman–Crippen LogP) is 5.36. The van der Waals surface area contributed by atoms with Crippen molar-refractivity contribution in [3.63, 3.8) is 0 Å². The van der Waals surface area contributed by atoms with E-state index < -0.39 is 0 Å². The number of hydrogen-bond acceptors (Lipinski definition) is 4. The highest BCUT2D eigenvalue weighted by Gasteiger charge is 2.38. The summed E-state index contributed by atoms with van der Waals surface area (Å²) in [5.74, 6) is 1.35. The summed E-state index contributed by atoms with van der Waals surface area (Å²) < 4.78 is 12.3. The van der Waals surface area contributed by atoms with Crippen LogP contribution in [0.15, 0.2) is 58.5 Å². The molecule has 2 aromatic carbocycles. The van der Waals surface area contributed by atoms with Crippen LogP contribution in [0.5, 0.6) is 0 Å². The van der Waals surface area contributed by atoms with E-state index in [1.807, 2.05) is 0 Å². The molecule has 2 aliphatic rings. The van der Waals surface area contributed by atoms with Gasteiger partial charge in [0.1, 0.15) is 30.2 Å². The van der Waals surface area contributed by atoms with E-state index >= 15 is 0 Å². The summed E-state index contributed by atoms with van der Waals surface area (Å²) >= 11 is 0. The molecule has 0 saturated heterocycles. The molecule has 2 heterocycles. The zero-order chi connectivity index (χ0) is 19.8. The van der Waals surface area contributed by atoms with Gasteiger partial charge in [0, 0.05) is 0 Å². The van der Waals surface area contributed by atoms with Crippen LogP contribution in [0.2, 0.25) is 0 Å². The first-order valence-corrected chi connectivity index (χ1v) is 10.1. The summed E-state index contributed by atoms with van der Waals surface area (Å²) in [7, 11) is 0. The van der Waals surface area contributed by atoms with Crippen molar-refractivity contribution in [1.82, 2.24) is 0 Å². The summed E-state index contributed by atoms with van der Waals surface area (Å²) in [6.07, 6.45) is 0.00952. The van der Waals surface area contributed by atoms with E-state index in [9.17, 15) is 0 Å². The molecule has 4 unspecified atom stereocenters. The van der Waals surface area contributed by atoms with Gasteiger partial charge >= 0.3 is 0 Å². The first-order valence-electron chi connectivity index (χ1n) is 10.1. The van der Waals surface area contributed by atoms with Gasteiger partial charge in [-0.2, -0.15) is 0 Å². The van der Waals surface area contributed by atoms with E-state index in [0.717, 1.165) is 11.8 Å². The number of rotatable bonds is 4. The smallest absolute Gasteiger partial charge is 0.196 e. The minimum Gasteiger partial charge on any atom is -0.475 e. The van der Waals surface area contributed by atoms with Crippen molar-refractivity contribution in [2.24, 2.45) is 15.9 Å². The molecular weight excluding hydrogens is 348 g/mol. The second-order valence-corrected chi connectivity index (χ2v) is 7.91. The van der Waals surface area contributed by atoms with Crippen LogP contribution in [-0.2, 0) is 9.47 Å². The first kappa shape index (κ1) is 18.7. The minimum atomic E-state index is -0.0899. The lowest BCUT2D eigenvalue weighted by molar-refractivity contribution is 0.191. The van der Waals surface area contributed by atoms with Gasteiger partial charge in [-0.15, -0.1) is 0 Å². The Bertz CT molecular complexity index is 858. The molecule has 2 aliphatic heterocycles. The number of benzene rings is 2. The van der Waals surface area contributed by atoms with Crippen molar-refractivity contribution in [3.8, 4) is 0 Å². The van der Waals surface area contributed by atoms with E-state index in [-0.39, 0.29) is 30.2 Å². The number of nitrogens with zero attached hydrogens (tertiary/aromatic N) is 2. The van der Waals surface area contributed by atoms with Crippen LogP contribution >= 0.6 is 0 Å². The number of aryl methyl sites for hydroxylation is 2. The average molecular weight is 377 g/mol. The van der Waals surface area contributed by atoms with Crippen LogP contribution in [0, 0.1) is 19.8 Å². The molecule has 0 bridgehead atoms. The van der Waals surface area contributed by atoms with Crippen LogP contribution in [0.3, 0.4) is 0 Å². The van der Waals surface area contributed by atoms with Crippen molar-refractivity contribution in [1.29, 1.82) is 0 Å². The SMILES string of the molecule is Cc1ccccc1C1N=C(C(C)C2=NC(c3ccccc3C)C(C)O2)OC1C. The van der Waals surface area contributed by atoms with Crippen LogP contribution in [0.4, 0.5) is 0 Å². The molecule has 28 heavy (non-hydrogen) atoms. The van der Waals surface area contributed by atoms with Gasteiger partial charge in [0.25, 0.3) is 0 Å². The van der Waals surface area contributed by atoms with Gasteiger partial charge in [-0.05, 0) is 56.9 Å². The number of ether oxygens (including phenoxy) is 2. The van der Waals surface area contributed by atoms with Crippen LogP contribution in [-0.4, -0.2) is 24.0 Å². The molecule has 4 nitrogen and oxygen atoms in total. The molecule has 0 saturated carbocycles. The Labute approximate surface area is 167 Å². The summed E-state index contributed by atoms with van der Waals surface area (Å²) in [5.41, 5.74) is 4.92. The summed E-state index contributed by atoms with van der Waals surface area (Å²) in [6, 6.07) is 16.8. The average Bonchev–Trinajstić information content (AvgIpc) is 3.25. The molecule has 0 spiro atoms. The predicted molar refractivity (Wildman–Crippen MR) is 113 cm³/mol. The van der Waals surface area contributed by atoms with Gasteiger partial charge in [0.2, 0.25) is 0 Å². The molecule has 0 radical (unpaired) electrons. The highest BCUT2D eigenvalue weighted by molar-refractivity contribution is 6.01. The van der Waals surface area contributed by atoms with Crippen LogP contribution < -0.4 is 0 Å². The van der Waals surface area contributed by atoms with Gasteiger partial charge in [-0.3, -0.25) is 0 Å². The maximum absolute atomic E-state index is 6.15. The highest BCUT2D eigenvalue weighted by Crippen LogP contribution is 2.36. The summed E-state index contributed by atoms with van der Waals surface area (Å²) in [4.78, 5) is 9.84. The lowest BCUT2D eigenvalue weighted by Crippen LogP contribution is -2.24. The van der Waals surface area contributed by atoms with E-state index in [1.54, 1.807) is 0 Å². The Morgan fingerprint density at radius 2 is 1.11 bits per heavy atom. The highest BCUT2D eigenvalue weighted by atomic mass is 16.5. The number of aliphatic imine (C=N–C) groups is 2. The quantitative estimate of drug-likeness (QED) is 0.721. The Balaban J connectivity index is 1.59. The fraction of sp³-hybridized carbons (Fsp3) is 0.417. The third-order valence-corrected chi connectivity index (χ3v) is 5.79. The van der Waals surface area contributed by atoms with Gasteiger partial charge < -0.3 is 9.47 Å². The van der Waals surface area contributed by atoms with Gasteiger partial charge in [0.15, 0.2) is 11.8 Å². The Kier molecular flexibility index (Phi) is 4.96. The normalized spacial score (nSPS) is 27.6. The third kappa shape index (κ3) is 3.32. The number of hydrogen-bond donors (Lipinski definition) is 0. The Hall–Kier alpha value is -2.62. The van der Waals surface area contributed by atoms with E-state index in [1.165, 1.54) is 22.3 Å². The second-order valence-electron chi connectivity index (χ2n) is 7.91. The van der Waals surface area contributed by atoms with Gasteiger partial charge in [0.05, 0.1) is 0 Å². The van der Waals surface area contributed by atoms with Crippen molar-refractivity contribution in [3.05, 3.63) is 70.8 Å². The van der Waals surface area contributed by atoms with E-state index in [0.29, 0.717) is 0 Å². The van der Waals surface area contributed by atoms with Gasteiger partial charge in [-0.1, -0.05) is 48.5 Å². The van der Waals surface area contributed by atoms with E-state index in [2.05, 4.69) is 83.1 Å². The Morgan fingerprint density at radius 3 is 1.50 bits per heavy atom. The fourth-order valence-corrected chi connectivity index (χ4v) is 4.07. The maximum Gasteiger partial charge on any atom is 0.196 e. The van der Waals surface area contributed by atoms with Crippen LogP contribution in [0.1, 0.15) is 55.1 Å². The standard InChI is InChI=1S/C24H28N2O2/c1-14-10-6-8-12-19(14)21-17(4)27-23(25-21)16(3)24-26-22(18(5)28-24)20-13-9-7-11-15(20)2/h6-13,16-18,21-22H,1-5H3. The second kappa shape index (κ2) is 7.42. The first-order chi connectivity index (χ1) is 13.5. The molecule has 4 rings (SSSR count). The molecule has 0 N–H and O–H groups in total. The summed E-state index contributed by atoms with van der Waals surface area (Å²) in [5, 5.41) is 0. The molecule has 2 aromatic rings. The molecule has 0 fully saturated rings. The molecular formula is C24H28N2O2. The van der Waals surface area contributed by atoms with Crippen LogP contribution in [0.25, 0.3) is 0 Å². The minimum absolute atomic E-state index is 0.00476. The third-order valence-electron chi connectivity index (χ3n) is 5.79. The molecule has 0 amide bonds. The van der Waals surface area contributed by atoms with Crippen molar-refractivity contribution < 1.29 is 9.47 Å². The Morgan fingerprint density at radius 1 is 0.714 bits per heavy atom. The monoisotopic (exact) mass is 376 g/mol. The largest absolute Gasteiger partial charge is 0.475 e. The lowest BCUT2D eigenvalue weighted by Gasteiger charge is -2.16. The van der Waals surface area contributed by atoms with Gasteiger partial charge in [-0.25, -0.2) is 9.98 Å². The summed E-state index contributed by atoms with van der Waals surface area (Å²) in [6.45, 7) is 10.5. The molecule has 0 aromatic heterocycles. The van der Waals surface area contributed by atoms with E-state index in [4.69, 9.17) is 19.5 Å². The zero-order valence-corrected chi connectivity index (χ0v) is 17.2.